The lowest BCUT2D eigenvalue weighted by Crippen LogP contribution is -2.51. The van der Waals surface area contributed by atoms with Crippen molar-refractivity contribution in [2.45, 2.75) is 25.9 Å². The molecule has 0 saturated carbocycles. The van der Waals surface area contributed by atoms with Crippen LogP contribution in [0.15, 0.2) is 60.7 Å². The fraction of sp³-hybridized carbons (Fsp3) is 0.250. The Balaban J connectivity index is 2.31. The van der Waals surface area contributed by atoms with Crippen molar-refractivity contribution in [3.63, 3.8) is 0 Å². The van der Waals surface area contributed by atoms with Crippen molar-refractivity contribution in [3.8, 4) is 0 Å². The Hall–Kier alpha value is -1.13. The Labute approximate surface area is 114 Å². The van der Waals surface area contributed by atoms with Crippen LogP contribution in [0.3, 0.4) is 0 Å². The third-order valence-electron chi connectivity index (χ3n) is 3.32. The van der Waals surface area contributed by atoms with E-state index in [9.17, 15) is 0 Å². The molecule has 0 unspecified atom stereocenters. The molecule has 2 rings (SSSR count). The third-order valence-corrected chi connectivity index (χ3v) is 13.6. The number of benzene rings is 2. The molecule has 0 heterocycles. The van der Waals surface area contributed by atoms with Gasteiger partial charge < -0.3 is 0 Å². The minimum atomic E-state index is -0.401. The first-order valence-corrected chi connectivity index (χ1v) is 11.1. The zero-order chi connectivity index (χ0) is 12.8. The minimum absolute atomic E-state index is 0.401. The molecule has 0 aromatic heterocycles. The van der Waals surface area contributed by atoms with E-state index in [0.29, 0.717) is 0 Å². The predicted molar refractivity (Wildman–Crippen MR) is 84.6 cm³/mol. The van der Waals surface area contributed by atoms with Gasteiger partial charge in [-0.25, -0.2) is 0 Å². The molecular formula is C16H20Si2. The van der Waals surface area contributed by atoms with E-state index >= 15 is 0 Å². The van der Waals surface area contributed by atoms with Crippen LogP contribution in [0.1, 0.15) is 13.8 Å². The van der Waals surface area contributed by atoms with Crippen LogP contribution in [0.5, 0.6) is 0 Å². The van der Waals surface area contributed by atoms with Gasteiger partial charge in [0.2, 0.25) is 0 Å². The maximum atomic E-state index is 2.37. The molecule has 2 aromatic rings. The van der Waals surface area contributed by atoms with Gasteiger partial charge >= 0.3 is 0 Å². The molecule has 0 aliphatic rings. The van der Waals surface area contributed by atoms with Crippen molar-refractivity contribution in [3.05, 3.63) is 60.7 Å². The fourth-order valence-corrected chi connectivity index (χ4v) is 11.7. The highest BCUT2D eigenvalue weighted by molar-refractivity contribution is 7.32. The summed E-state index contributed by atoms with van der Waals surface area (Å²) in [6.07, 6.45) is 0. The summed E-state index contributed by atoms with van der Waals surface area (Å²) in [6, 6.07) is 25.0. The Morgan fingerprint density at radius 3 is 1.22 bits per heavy atom. The Morgan fingerprint density at radius 2 is 0.944 bits per heavy atom. The smallest absolute Gasteiger partial charge is 0.0679 e. The van der Waals surface area contributed by atoms with Crippen LogP contribution in [0.25, 0.3) is 0 Å². The average molecular weight is 269 g/mol. The summed E-state index contributed by atoms with van der Waals surface area (Å²) >= 11 is 0. The van der Waals surface area contributed by atoms with Gasteiger partial charge in [0.25, 0.3) is 0 Å². The molecule has 0 amide bonds. The quantitative estimate of drug-likeness (QED) is 0.732. The summed E-state index contributed by atoms with van der Waals surface area (Å²) in [5.74, 6) is 0. The summed E-state index contributed by atoms with van der Waals surface area (Å²) in [5, 5.41) is 3.23. The Kier molecular flexibility index (Phi) is 4.96. The average Bonchev–Trinajstić information content (AvgIpc) is 2.46. The van der Waals surface area contributed by atoms with Crippen molar-refractivity contribution >= 4 is 27.0 Å². The molecule has 2 heteroatoms. The summed E-state index contributed by atoms with van der Waals surface area (Å²) < 4.78 is 0. The van der Waals surface area contributed by atoms with Gasteiger partial charge in [-0.15, -0.1) is 0 Å². The molecule has 2 radical (unpaired) electrons. The molecule has 0 aliphatic heterocycles. The molecule has 18 heavy (non-hydrogen) atoms. The van der Waals surface area contributed by atoms with E-state index in [0.717, 1.165) is 0 Å². The van der Waals surface area contributed by atoms with E-state index in [1.54, 1.807) is 10.4 Å². The lowest BCUT2D eigenvalue weighted by atomic mass is 10.4. The molecule has 2 aromatic carbocycles. The van der Waals surface area contributed by atoms with Gasteiger partial charge in [0, 0.05) is 0 Å². The summed E-state index contributed by atoms with van der Waals surface area (Å²) in [6.45, 7) is 4.73. The largest absolute Gasteiger partial charge is 0.0805 e. The van der Waals surface area contributed by atoms with Crippen molar-refractivity contribution in [1.82, 2.24) is 0 Å². The van der Waals surface area contributed by atoms with Crippen LogP contribution in [0, 0.1) is 0 Å². The van der Waals surface area contributed by atoms with Crippen LogP contribution in [-0.2, 0) is 0 Å². The molecular weight excluding hydrogens is 248 g/mol. The summed E-state index contributed by atoms with van der Waals surface area (Å²) in [7, 11) is -0.803. The first-order chi connectivity index (χ1) is 8.86. The molecule has 0 N–H and O–H groups in total. The van der Waals surface area contributed by atoms with Gasteiger partial charge in [0.05, 0.1) is 16.6 Å². The molecule has 0 fully saturated rings. The van der Waals surface area contributed by atoms with Gasteiger partial charge in [-0.3, -0.25) is 0 Å². The van der Waals surface area contributed by atoms with Gasteiger partial charge in [-0.2, -0.15) is 0 Å². The first-order valence-electron chi connectivity index (χ1n) is 6.69. The maximum absolute atomic E-state index is 2.37. The second kappa shape index (κ2) is 6.71. The SMILES string of the molecule is CC[Si](c1ccccc1)[Si](CC)c1ccccc1. The Morgan fingerprint density at radius 1 is 0.611 bits per heavy atom. The van der Waals surface area contributed by atoms with Crippen molar-refractivity contribution in [2.24, 2.45) is 0 Å². The minimum Gasteiger partial charge on any atom is -0.0679 e. The lowest BCUT2D eigenvalue weighted by molar-refractivity contribution is 1.41. The Bertz CT molecular complexity index is 408. The van der Waals surface area contributed by atoms with Crippen molar-refractivity contribution in [2.75, 3.05) is 0 Å². The maximum Gasteiger partial charge on any atom is 0.0805 e. The van der Waals surface area contributed by atoms with Crippen LogP contribution in [0.4, 0.5) is 0 Å². The van der Waals surface area contributed by atoms with E-state index in [2.05, 4.69) is 74.5 Å². The van der Waals surface area contributed by atoms with Crippen LogP contribution >= 0.6 is 0 Å². The number of rotatable bonds is 5. The monoisotopic (exact) mass is 268 g/mol. The molecule has 92 valence electrons. The highest BCUT2D eigenvalue weighted by atomic mass is 29.2. The topological polar surface area (TPSA) is 0 Å². The molecule has 0 nitrogen and oxygen atoms in total. The fourth-order valence-electron chi connectivity index (χ4n) is 2.46. The zero-order valence-electron chi connectivity index (χ0n) is 11.2. The van der Waals surface area contributed by atoms with Gasteiger partial charge in [-0.05, 0) is 0 Å². The molecule has 0 spiro atoms. The second-order valence-corrected chi connectivity index (χ2v) is 12.5. The van der Waals surface area contributed by atoms with Crippen LogP contribution in [-0.4, -0.2) is 16.6 Å². The van der Waals surface area contributed by atoms with Crippen LogP contribution in [0.2, 0.25) is 12.1 Å². The third kappa shape index (κ3) is 3.00. The van der Waals surface area contributed by atoms with Gasteiger partial charge in [0.15, 0.2) is 0 Å². The highest BCUT2D eigenvalue weighted by Gasteiger charge is 2.25. The molecule has 0 aliphatic carbocycles. The zero-order valence-corrected chi connectivity index (χ0v) is 13.2. The van der Waals surface area contributed by atoms with E-state index in [1.165, 1.54) is 12.1 Å². The second-order valence-electron chi connectivity index (χ2n) is 4.40. The van der Waals surface area contributed by atoms with E-state index in [-0.39, 0.29) is 0 Å². The number of hydrogen-bond acceptors (Lipinski definition) is 0. The van der Waals surface area contributed by atoms with E-state index in [4.69, 9.17) is 0 Å². The first kappa shape index (κ1) is 13.3. The van der Waals surface area contributed by atoms with Gasteiger partial charge in [0.1, 0.15) is 0 Å². The van der Waals surface area contributed by atoms with Gasteiger partial charge in [-0.1, -0.05) is 97.0 Å². The molecule has 0 saturated heterocycles. The van der Waals surface area contributed by atoms with Crippen LogP contribution < -0.4 is 10.4 Å². The standard InChI is InChI=1S/C16H20Si2/c1-3-17(15-11-7-5-8-12-15)18(4-2)16-13-9-6-10-14-16/h5-14H,3-4H2,1-2H3. The number of hydrogen-bond donors (Lipinski definition) is 0. The lowest BCUT2D eigenvalue weighted by Gasteiger charge is -2.22. The van der Waals surface area contributed by atoms with E-state index < -0.39 is 16.6 Å². The summed E-state index contributed by atoms with van der Waals surface area (Å²) in [5.41, 5.74) is 0. The van der Waals surface area contributed by atoms with E-state index in [1.807, 2.05) is 0 Å². The molecule has 0 bridgehead atoms. The highest BCUT2D eigenvalue weighted by Crippen LogP contribution is 2.05. The van der Waals surface area contributed by atoms with Crippen molar-refractivity contribution in [1.29, 1.82) is 0 Å². The van der Waals surface area contributed by atoms with Crippen molar-refractivity contribution < 1.29 is 0 Å². The predicted octanol–water partition coefficient (Wildman–Crippen LogP) is 2.91. The normalized spacial score (nSPS) is 11.1. The summed E-state index contributed by atoms with van der Waals surface area (Å²) in [4.78, 5) is 0. The molecule has 0 atom stereocenters.